The number of hydrogen-bond donors (Lipinski definition) is 4. The van der Waals surface area contributed by atoms with E-state index in [1.165, 1.54) is 54.6 Å². The van der Waals surface area contributed by atoms with E-state index in [0.717, 1.165) is 0 Å². The molecular formula is C19H17FN4O5. The van der Waals surface area contributed by atoms with Gasteiger partial charge in [-0.25, -0.2) is 4.39 Å². The first-order valence-corrected chi connectivity index (χ1v) is 8.54. The van der Waals surface area contributed by atoms with Gasteiger partial charge < -0.3 is 15.5 Å². The van der Waals surface area contributed by atoms with Crippen LogP contribution >= 0.6 is 0 Å². The third kappa shape index (κ3) is 4.62. The molecule has 2 aromatic carbocycles. The number of nitro benzene ring substituents is 1. The Morgan fingerprint density at radius 2 is 1.86 bits per heavy atom. The highest BCUT2D eigenvalue weighted by Crippen LogP contribution is 2.21. The number of carbonyl (C=O) groups is 1. The molecule has 0 spiro atoms. The van der Waals surface area contributed by atoms with Crippen LogP contribution in [0.2, 0.25) is 0 Å². The van der Waals surface area contributed by atoms with Crippen molar-refractivity contribution in [3.8, 4) is 11.3 Å². The lowest BCUT2D eigenvalue weighted by atomic mass is 10.0. The van der Waals surface area contributed by atoms with Gasteiger partial charge in [-0.05, 0) is 48.0 Å². The molecule has 0 saturated heterocycles. The molecule has 1 heterocycles. The third-order valence-electron chi connectivity index (χ3n) is 4.30. The molecular weight excluding hydrogens is 383 g/mol. The van der Waals surface area contributed by atoms with Crippen molar-refractivity contribution in [2.75, 3.05) is 6.61 Å². The second-order valence-corrected chi connectivity index (χ2v) is 6.23. The molecule has 1 aromatic heterocycles. The van der Waals surface area contributed by atoms with Crippen LogP contribution in [0.4, 0.5) is 10.1 Å². The largest absolute Gasteiger partial charge is 0.394 e. The number of aromatic amines is 1. The van der Waals surface area contributed by atoms with Gasteiger partial charge in [-0.1, -0.05) is 0 Å². The van der Waals surface area contributed by atoms with Gasteiger partial charge in [-0.3, -0.25) is 20.0 Å². The number of carbonyl (C=O) groups excluding carboxylic acids is 1. The molecule has 3 rings (SSSR count). The van der Waals surface area contributed by atoms with Gasteiger partial charge >= 0.3 is 0 Å². The number of amides is 1. The average Bonchev–Trinajstić information content (AvgIpc) is 3.22. The van der Waals surface area contributed by atoms with E-state index in [1.54, 1.807) is 0 Å². The van der Waals surface area contributed by atoms with E-state index in [2.05, 4.69) is 15.5 Å². The SMILES string of the molecule is O=C(NC(CO)C(O)c1ccc([N+](=O)[O-])cc1)c1cc(-c2ccc(F)cc2)n[nH]1. The summed E-state index contributed by atoms with van der Waals surface area (Å²) in [5.41, 5.74) is 1.26. The van der Waals surface area contributed by atoms with E-state index in [-0.39, 0.29) is 11.4 Å². The number of aliphatic hydroxyl groups is 2. The fraction of sp³-hybridized carbons (Fsp3) is 0.158. The van der Waals surface area contributed by atoms with Crippen LogP contribution in [0.25, 0.3) is 11.3 Å². The molecule has 0 fully saturated rings. The summed E-state index contributed by atoms with van der Waals surface area (Å²) in [5, 5.41) is 39.7. The second-order valence-electron chi connectivity index (χ2n) is 6.23. The van der Waals surface area contributed by atoms with E-state index in [9.17, 15) is 29.5 Å². The Morgan fingerprint density at radius 1 is 1.21 bits per heavy atom. The van der Waals surface area contributed by atoms with Gasteiger partial charge in [0, 0.05) is 17.7 Å². The zero-order valence-corrected chi connectivity index (χ0v) is 14.9. The molecule has 0 bridgehead atoms. The highest BCUT2D eigenvalue weighted by molar-refractivity contribution is 5.93. The number of nitro groups is 1. The minimum absolute atomic E-state index is 0.0821. The lowest BCUT2D eigenvalue weighted by Gasteiger charge is -2.22. The predicted molar refractivity (Wildman–Crippen MR) is 100 cm³/mol. The smallest absolute Gasteiger partial charge is 0.269 e. The molecule has 0 saturated carbocycles. The number of aromatic nitrogens is 2. The maximum absolute atomic E-state index is 13.0. The Morgan fingerprint density at radius 3 is 2.45 bits per heavy atom. The summed E-state index contributed by atoms with van der Waals surface area (Å²) < 4.78 is 13.0. The van der Waals surface area contributed by atoms with Crippen molar-refractivity contribution in [1.29, 1.82) is 0 Å². The molecule has 0 radical (unpaired) electrons. The minimum Gasteiger partial charge on any atom is -0.394 e. The van der Waals surface area contributed by atoms with Crippen molar-refractivity contribution in [2.45, 2.75) is 12.1 Å². The number of nitrogens with one attached hydrogen (secondary N) is 2. The number of rotatable bonds is 7. The van der Waals surface area contributed by atoms with E-state index in [0.29, 0.717) is 16.8 Å². The van der Waals surface area contributed by atoms with E-state index < -0.39 is 35.4 Å². The predicted octanol–water partition coefficient (Wildman–Crippen LogP) is 1.95. The Kier molecular flexibility index (Phi) is 5.96. The van der Waals surface area contributed by atoms with Gasteiger partial charge in [0.1, 0.15) is 17.6 Å². The van der Waals surface area contributed by atoms with Gasteiger partial charge in [-0.15, -0.1) is 0 Å². The summed E-state index contributed by atoms with van der Waals surface area (Å²) in [7, 11) is 0. The average molecular weight is 400 g/mol. The van der Waals surface area contributed by atoms with Crippen molar-refractivity contribution in [3.05, 3.63) is 81.8 Å². The molecule has 150 valence electrons. The molecule has 9 nitrogen and oxygen atoms in total. The number of benzene rings is 2. The summed E-state index contributed by atoms with van der Waals surface area (Å²) in [6.45, 7) is -0.567. The van der Waals surface area contributed by atoms with Crippen LogP contribution in [-0.4, -0.2) is 43.9 Å². The Bertz CT molecular complexity index is 1000. The van der Waals surface area contributed by atoms with Crippen molar-refractivity contribution in [3.63, 3.8) is 0 Å². The lowest BCUT2D eigenvalue weighted by Crippen LogP contribution is -2.42. The van der Waals surface area contributed by atoms with Gasteiger partial charge in [0.2, 0.25) is 0 Å². The lowest BCUT2D eigenvalue weighted by molar-refractivity contribution is -0.384. The summed E-state index contributed by atoms with van der Waals surface area (Å²) in [6, 6.07) is 11.1. The molecule has 0 aliphatic carbocycles. The number of non-ortho nitro benzene ring substituents is 1. The molecule has 1 amide bonds. The van der Waals surface area contributed by atoms with Crippen molar-refractivity contribution >= 4 is 11.6 Å². The highest BCUT2D eigenvalue weighted by Gasteiger charge is 2.24. The van der Waals surface area contributed by atoms with Crippen LogP contribution in [0.5, 0.6) is 0 Å². The molecule has 0 aliphatic rings. The fourth-order valence-electron chi connectivity index (χ4n) is 2.70. The fourth-order valence-corrected chi connectivity index (χ4v) is 2.70. The Labute approximate surface area is 164 Å². The van der Waals surface area contributed by atoms with E-state index in [1.807, 2.05) is 0 Å². The summed E-state index contributed by atoms with van der Waals surface area (Å²) >= 11 is 0. The Balaban J connectivity index is 1.71. The van der Waals surface area contributed by atoms with Gasteiger partial charge in [0.15, 0.2) is 0 Å². The van der Waals surface area contributed by atoms with Crippen LogP contribution in [0.3, 0.4) is 0 Å². The second kappa shape index (κ2) is 8.59. The number of aliphatic hydroxyl groups excluding tert-OH is 2. The standard InChI is InChI=1S/C19H17FN4O5/c20-13-5-1-11(2-6-13)15-9-16(23-22-15)19(27)21-17(10-25)18(26)12-3-7-14(8-4-12)24(28)29/h1-9,17-18,25-26H,10H2,(H,21,27)(H,22,23). The normalized spacial score (nSPS) is 12.9. The van der Waals surface area contributed by atoms with Crippen LogP contribution in [0.1, 0.15) is 22.2 Å². The quantitative estimate of drug-likeness (QED) is 0.353. The van der Waals surface area contributed by atoms with Crippen molar-refractivity contribution in [1.82, 2.24) is 15.5 Å². The van der Waals surface area contributed by atoms with Crippen LogP contribution in [-0.2, 0) is 0 Å². The molecule has 10 heteroatoms. The number of nitrogens with zero attached hydrogens (tertiary/aromatic N) is 2. The first-order chi connectivity index (χ1) is 13.9. The topological polar surface area (TPSA) is 141 Å². The zero-order valence-electron chi connectivity index (χ0n) is 14.9. The zero-order chi connectivity index (χ0) is 21.0. The minimum atomic E-state index is -1.29. The molecule has 3 aromatic rings. The van der Waals surface area contributed by atoms with Gasteiger partial charge in [0.25, 0.3) is 11.6 Å². The molecule has 2 atom stereocenters. The molecule has 4 N–H and O–H groups in total. The number of hydrogen-bond acceptors (Lipinski definition) is 6. The maximum Gasteiger partial charge on any atom is 0.269 e. The first kappa shape index (κ1) is 20.1. The molecule has 0 aliphatic heterocycles. The van der Waals surface area contributed by atoms with Crippen molar-refractivity contribution in [2.24, 2.45) is 0 Å². The Hall–Kier alpha value is -3.63. The van der Waals surface area contributed by atoms with Gasteiger partial charge in [0.05, 0.1) is 23.3 Å². The summed E-state index contributed by atoms with van der Waals surface area (Å²) in [5.74, 6) is -1.01. The maximum atomic E-state index is 13.0. The van der Waals surface area contributed by atoms with Gasteiger partial charge in [-0.2, -0.15) is 5.10 Å². The van der Waals surface area contributed by atoms with Crippen LogP contribution in [0, 0.1) is 15.9 Å². The van der Waals surface area contributed by atoms with E-state index >= 15 is 0 Å². The first-order valence-electron chi connectivity index (χ1n) is 8.54. The highest BCUT2D eigenvalue weighted by atomic mass is 19.1. The van der Waals surface area contributed by atoms with Crippen LogP contribution < -0.4 is 5.32 Å². The summed E-state index contributed by atoms with van der Waals surface area (Å²) in [4.78, 5) is 22.6. The van der Waals surface area contributed by atoms with E-state index in [4.69, 9.17) is 0 Å². The van der Waals surface area contributed by atoms with Crippen LogP contribution in [0.15, 0.2) is 54.6 Å². The number of H-pyrrole nitrogens is 1. The monoisotopic (exact) mass is 400 g/mol. The third-order valence-corrected chi connectivity index (χ3v) is 4.30. The molecule has 29 heavy (non-hydrogen) atoms. The summed E-state index contributed by atoms with van der Waals surface area (Å²) in [6.07, 6.45) is -1.29. The molecule has 2 unspecified atom stereocenters. The number of halogens is 1. The van der Waals surface area contributed by atoms with Crippen molar-refractivity contribution < 1.29 is 24.3 Å².